The van der Waals surface area contributed by atoms with Crippen LogP contribution in [-0.4, -0.2) is 22.8 Å². The molecule has 0 amide bonds. The van der Waals surface area contributed by atoms with Crippen LogP contribution in [0.25, 0.3) is 5.70 Å². The largest absolute Gasteiger partial charge is 0.374 e. The van der Waals surface area contributed by atoms with Gasteiger partial charge in [0.15, 0.2) is 0 Å². The highest BCUT2D eigenvalue weighted by Crippen LogP contribution is 2.32. The molecule has 0 bridgehead atoms. The van der Waals surface area contributed by atoms with Gasteiger partial charge < -0.3 is 10.0 Å². The summed E-state index contributed by atoms with van der Waals surface area (Å²) in [4.78, 5) is 1.98. The molecule has 0 saturated heterocycles. The fraction of sp³-hybridized carbons (Fsp3) is 0.429. The van der Waals surface area contributed by atoms with Crippen LogP contribution in [0.1, 0.15) is 32.3 Å². The average molecular weight is 235 g/mol. The highest BCUT2D eigenvalue weighted by Gasteiger charge is 2.24. The molecule has 1 heterocycles. The molecular weight excluding hydrogens is 217 g/mol. The smallest absolute Gasteiger partial charge is 0.127 e. The minimum absolute atomic E-state index is 0.230. The van der Waals surface area contributed by atoms with Crippen LogP contribution in [0.5, 0.6) is 0 Å². The molecule has 17 heavy (non-hydrogen) atoms. The zero-order valence-electron chi connectivity index (χ0n) is 10.3. The van der Waals surface area contributed by atoms with E-state index in [-0.39, 0.29) is 5.82 Å². The standard InChI is InChI=1S/C14H18FNO/c1-3-16-13(17)9-4-10(2)14(16)11-5-7-12(15)8-6-11/h5-8,13,17H,3-4,9H2,1-2H3. The highest BCUT2D eigenvalue weighted by molar-refractivity contribution is 5.67. The number of halogens is 1. The zero-order chi connectivity index (χ0) is 12.4. The van der Waals surface area contributed by atoms with Crippen molar-refractivity contribution in [2.75, 3.05) is 6.54 Å². The second-order valence-electron chi connectivity index (χ2n) is 4.44. The molecule has 0 aliphatic carbocycles. The summed E-state index contributed by atoms with van der Waals surface area (Å²) in [7, 11) is 0. The minimum atomic E-state index is -0.427. The maximum absolute atomic E-state index is 12.9. The lowest BCUT2D eigenvalue weighted by molar-refractivity contribution is 0.0352. The van der Waals surface area contributed by atoms with E-state index in [2.05, 4.69) is 6.92 Å². The van der Waals surface area contributed by atoms with Crippen LogP contribution in [0.2, 0.25) is 0 Å². The van der Waals surface area contributed by atoms with Crippen molar-refractivity contribution < 1.29 is 9.50 Å². The molecule has 1 aromatic rings. The van der Waals surface area contributed by atoms with Crippen molar-refractivity contribution in [3.63, 3.8) is 0 Å². The number of rotatable bonds is 2. The lowest BCUT2D eigenvalue weighted by Crippen LogP contribution is -2.37. The second kappa shape index (κ2) is 4.88. The van der Waals surface area contributed by atoms with E-state index in [1.807, 2.05) is 11.8 Å². The first-order valence-electron chi connectivity index (χ1n) is 6.04. The third-order valence-corrected chi connectivity index (χ3v) is 3.29. The van der Waals surface area contributed by atoms with Gasteiger partial charge in [-0.2, -0.15) is 0 Å². The summed E-state index contributed by atoms with van der Waals surface area (Å²) in [6.45, 7) is 4.85. The van der Waals surface area contributed by atoms with E-state index in [1.165, 1.54) is 17.7 Å². The Labute approximate surface area is 101 Å². The number of hydrogen-bond acceptors (Lipinski definition) is 2. The molecule has 1 N–H and O–H groups in total. The van der Waals surface area contributed by atoms with Crippen molar-refractivity contribution >= 4 is 5.70 Å². The predicted molar refractivity (Wildman–Crippen MR) is 66.6 cm³/mol. The monoisotopic (exact) mass is 235 g/mol. The van der Waals surface area contributed by atoms with Gasteiger partial charge in [0.1, 0.15) is 12.0 Å². The first-order valence-corrected chi connectivity index (χ1v) is 6.04. The van der Waals surface area contributed by atoms with E-state index in [0.29, 0.717) is 0 Å². The summed E-state index contributed by atoms with van der Waals surface area (Å²) in [5.41, 5.74) is 3.28. The summed E-state index contributed by atoms with van der Waals surface area (Å²) >= 11 is 0. The topological polar surface area (TPSA) is 23.5 Å². The molecule has 2 nitrogen and oxygen atoms in total. The molecule has 1 aromatic carbocycles. The normalized spacial score (nSPS) is 20.9. The predicted octanol–water partition coefficient (Wildman–Crippen LogP) is 2.99. The first-order chi connectivity index (χ1) is 8.13. The van der Waals surface area contributed by atoms with Gasteiger partial charge in [0.25, 0.3) is 0 Å². The Morgan fingerprint density at radius 3 is 2.59 bits per heavy atom. The van der Waals surface area contributed by atoms with Gasteiger partial charge in [-0.1, -0.05) is 0 Å². The van der Waals surface area contributed by atoms with Gasteiger partial charge in [0.2, 0.25) is 0 Å². The van der Waals surface area contributed by atoms with Gasteiger partial charge in [-0.25, -0.2) is 4.39 Å². The van der Waals surface area contributed by atoms with E-state index in [4.69, 9.17) is 0 Å². The van der Waals surface area contributed by atoms with Crippen LogP contribution in [0, 0.1) is 5.82 Å². The van der Waals surface area contributed by atoms with Gasteiger partial charge in [0.05, 0.1) is 0 Å². The summed E-state index contributed by atoms with van der Waals surface area (Å²) < 4.78 is 12.9. The van der Waals surface area contributed by atoms with E-state index >= 15 is 0 Å². The van der Waals surface area contributed by atoms with Crippen LogP contribution in [0.15, 0.2) is 29.8 Å². The molecule has 0 fully saturated rings. The fourth-order valence-corrected chi connectivity index (χ4v) is 2.40. The molecular formula is C14H18FNO. The van der Waals surface area contributed by atoms with Crippen molar-refractivity contribution in [3.05, 3.63) is 41.2 Å². The maximum Gasteiger partial charge on any atom is 0.127 e. The summed E-state index contributed by atoms with van der Waals surface area (Å²) in [5.74, 6) is -0.230. The lowest BCUT2D eigenvalue weighted by atomic mass is 9.97. The summed E-state index contributed by atoms with van der Waals surface area (Å²) in [5, 5.41) is 9.99. The average Bonchev–Trinajstić information content (AvgIpc) is 2.33. The van der Waals surface area contributed by atoms with E-state index in [0.717, 1.165) is 30.6 Å². The molecule has 2 rings (SSSR count). The lowest BCUT2D eigenvalue weighted by Gasteiger charge is -2.36. The van der Waals surface area contributed by atoms with Crippen LogP contribution >= 0.6 is 0 Å². The third kappa shape index (κ3) is 2.34. The Bertz CT molecular complexity index is 424. The molecule has 1 atom stereocenters. The molecule has 0 spiro atoms. The first kappa shape index (κ1) is 12.1. The fourth-order valence-electron chi connectivity index (χ4n) is 2.40. The maximum atomic E-state index is 12.9. The molecule has 1 aliphatic heterocycles. The number of nitrogens with zero attached hydrogens (tertiary/aromatic N) is 1. The number of hydrogen-bond donors (Lipinski definition) is 1. The third-order valence-electron chi connectivity index (χ3n) is 3.29. The SMILES string of the molecule is CCN1C(c2ccc(F)cc2)=C(C)CCC1O. The van der Waals surface area contributed by atoms with Crippen molar-refractivity contribution in [2.45, 2.75) is 32.9 Å². The Morgan fingerprint density at radius 1 is 1.35 bits per heavy atom. The van der Waals surface area contributed by atoms with Crippen LogP contribution < -0.4 is 0 Å². The molecule has 1 unspecified atom stereocenters. The molecule has 92 valence electrons. The number of aliphatic hydroxyl groups excluding tert-OH is 1. The van der Waals surface area contributed by atoms with Crippen molar-refractivity contribution in [2.24, 2.45) is 0 Å². The summed E-state index contributed by atoms with van der Waals surface area (Å²) in [6, 6.07) is 6.47. The van der Waals surface area contributed by atoms with Gasteiger partial charge in [-0.15, -0.1) is 0 Å². The molecule has 1 aliphatic rings. The minimum Gasteiger partial charge on any atom is -0.374 e. The Morgan fingerprint density at radius 2 is 2.00 bits per heavy atom. The number of aliphatic hydroxyl groups is 1. The highest BCUT2D eigenvalue weighted by atomic mass is 19.1. The van der Waals surface area contributed by atoms with Crippen molar-refractivity contribution in [1.82, 2.24) is 4.90 Å². The second-order valence-corrected chi connectivity index (χ2v) is 4.44. The van der Waals surface area contributed by atoms with Crippen LogP contribution in [-0.2, 0) is 0 Å². The summed E-state index contributed by atoms with van der Waals surface area (Å²) in [6.07, 6.45) is 1.23. The van der Waals surface area contributed by atoms with Crippen molar-refractivity contribution in [1.29, 1.82) is 0 Å². The Balaban J connectivity index is 2.42. The van der Waals surface area contributed by atoms with Gasteiger partial charge >= 0.3 is 0 Å². The Hall–Kier alpha value is -1.35. The van der Waals surface area contributed by atoms with Crippen LogP contribution in [0.3, 0.4) is 0 Å². The molecule has 0 saturated carbocycles. The van der Waals surface area contributed by atoms with Crippen LogP contribution in [0.4, 0.5) is 4.39 Å². The van der Waals surface area contributed by atoms with E-state index < -0.39 is 6.23 Å². The molecule has 0 radical (unpaired) electrons. The molecule has 3 heteroatoms. The van der Waals surface area contributed by atoms with E-state index in [1.54, 1.807) is 12.1 Å². The van der Waals surface area contributed by atoms with Gasteiger partial charge in [-0.05, 0) is 62.1 Å². The number of allylic oxidation sites excluding steroid dienone is 1. The number of benzene rings is 1. The zero-order valence-corrected chi connectivity index (χ0v) is 10.3. The Kier molecular flexibility index (Phi) is 3.48. The van der Waals surface area contributed by atoms with Gasteiger partial charge in [-0.3, -0.25) is 0 Å². The quantitative estimate of drug-likeness (QED) is 0.851. The van der Waals surface area contributed by atoms with E-state index in [9.17, 15) is 9.50 Å². The molecule has 0 aromatic heterocycles. The van der Waals surface area contributed by atoms with Crippen molar-refractivity contribution in [3.8, 4) is 0 Å². The van der Waals surface area contributed by atoms with Gasteiger partial charge in [0, 0.05) is 12.2 Å².